The van der Waals surface area contributed by atoms with Crippen LogP contribution >= 0.6 is 0 Å². The summed E-state index contributed by atoms with van der Waals surface area (Å²) >= 11 is 0. The number of nitrogens with one attached hydrogen (secondary N) is 1. The number of hydrogen-bond acceptors (Lipinski definition) is 5. The van der Waals surface area contributed by atoms with Crippen molar-refractivity contribution >= 4 is 5.95 Å². The number of rotatable bonds is 1. The second-order valence-electron chi connectivity index (χ2n) is 3.24. The Morgan fingerprint density at radius 3 is 3.07 bits per heavy atom. The number of anilines is 1. The summed E-state index contributed by atoms with van der Waals surface area (Å²) in [6, 6.07) is 0. The molecule has 0 saturated carbocycles. The van der Waals surface area contributed by atoms with Gasteiger partial charge in [0.05, 0.1) is 0 Å². The molecule has 3 N–H and O–H groups in total. The van der Waals surface area contributed by atoms with Gasteiger partial charge >= 0.3 is 0 Å². The number of aromatic amines is 1. The first-order chi connectivity index (χ1) is 6.84. The van der Waals surface area contributed by atoms with Crippen LogP contribution in [0.2, 0.25) is 0 Å². The molecule has 0 radical (unpaired) electrons. The highest BCUT2D eigenvalue weighted by Gasteiger charge is 2.20. The Hall–Kier alpha value is -1.92. The van der Waals surface area contributed by atoms with Crippen molar-refractivity contribution in [2.75, 3.05) is 5.73 Å². The Balaban J connectivity index is 2.12. The van der Waals surface area contributed by atoms with Crippen molar-refractivity contribution in [2.45, 2.75) is 19.4 Å². The van der Waals surface area contributed by atoms with Gasteiger partial charge in [-0.25, -0.2) is 0 Å². The van der Waals surface area contributed by atoms with Crippen LogP contribution in [0.15, 0.2) is 0 Å². The van der Waals surface area contributed by atoms with Gasteiger partial charge in [0.2, 0.25) is 11.8 Å². The van der Waals surface area contributed by atoms with Crippen molar-refractivity contribution in [2.24, 2.45) is 0 Å². The van der Waals surface area contributed by atoms with Gasteiger partial charge in [-0.05, 0) is 6.42 Å². The van der Waals surface area contributed by atoms with Crippen LogP contribution in [0.1, 0.15) is 12.2 Å². The largest absolute Gasteiger partial charge is 0.366 e. The standard InChI is InChI=1S/C7H9N7/c8-7-9-5(11-13-7)6-12-10-4-2-1-3-14(4)6/h1-3H2,(H3,8,9,11,13). The topological polar surface area (TPSA) is 98.3 Å². The van der Waals surface area contributed by atoms with Crippen LogP contribution in [-0.4, -0.2) is 29.9 Å². The third-order valence-electron chi connectivity index (χ3n) is 2.32. The second kappa shape index (κ2) is 2.53. The minimum atomic E-state index is 0.232. The van der Waals surface area contributed by atoms with Gasteiger partial charge in [0.25, 0.3) is 0 Å². The molecule has 7 nitrogen and oxygen atoms in total. The van der Waals surface area contributed by atoms with E-state index >= 15 is 0 Å². The van der Waals surface area contributed by atoms with E-state index in [2.05, 4.69) is 25.4 Å². The van der Waals surface area contributed by atoms with E-state index in [-0.39, 0.29) is 5.95 Å². The third-order valence-corrected chi connectivity index (χ3v) is 2.32. The number of H-pyrrole nitrogens is 1. The van der Waals surface area contributed by atoms with Crippen molar-refractivity contribution in [3.63, 3.8) is 0 Å². The lowest BCUT2D eigenvalue weighted by Gasteiger charge is -1.97. The van der Waals surface area contributed by atoms with Crippen LogP contribution < -0.4 is 5.73 Å². The molecule has 3 heterocycles. The number of aromatic nitrogens is 6. The van der Waals surface area contributed by atoms with Crippen LogP contribution in [0, 0.1) is 0 Å². The summed E-state index contributed by atoms with van der Waals surface area (Å²) in [6.07, 6.45) is 2.10. The molecule has 0 amide bonds. The van der Waals surface area contributed by atoms with Crippen molar-refractivity contribution in [1.29, 1.82) is 0 Å². The second-order valence-corrected chi connectivity index (χ2v) is 3.24. The van der Waals surface area contributed by atoms with Crippen LogP contribution in [0.5, 0.6) is 0 Å². The molecule has 7 heteroatoms. The number of nitrogens with two attached hydrogens (primary N) is 1. The average molecular weight is 191 g/mol. The summed E-state index contributed by atoms with van der Waals surface area (Å²) in [7, 11) is 0. The predicted molar refractivity (Wildman–Crippen MR) is 48.1 cm³/mol. The highest BCUT2D eigenvalue weighted by Crippen LogP contribution is 2.20. The van der Waals surface area contributed by atoms with Gasteiger partial charge in [-0.2, -0.15) is 4.98 Å². The quantitative estimate of drug-likeness (QED) is 0.638. The molecule has 1 aliphatic rings. The van der Waals surface area contributed by atoms with Gasteiger partial charge in [0.15, 0.2) is 5.82 Å². The first-order valence-electron chi connectivity index (χ1n) is 4.45. The van der Waals surface area contributed by atoms with E-state index in [1.165, 1.54) is 0 Å². The van der Waals surface area contributed by atoms with E-state index in [0.717, 1.165) is 31.0 Å². The molecule has 0 atom stereocenters. The molecule has 0 unspecified atom stereocenters. The minimum absolute atomic E-state index is 0.232. The number of nitrogens with zero attached hydrogens (tertiary/aromatic N) is 5. The van der Waals surface area contributed by atoms with Crippen molar-refractivity contribution < 1.29 is 0 Å². The lowest BCUT2D eigenvalue weighted by Crippen LogP contribution is -1.97. The molecule has 0 bridgehead atoms. The van der Waals surface area contributed by atoms with E-state index in [1.807, 2.05) is 4.57 Å². The SMILES string of the molecule is Nc1n[nH]c(-c2nnc3n2CCC3)n1. The highest BCUT2D eigenvalue weighted by atomic mass is 15.3. The summed E-state index contributed by atoms with van der Waals surface area (Å²) in [4.78, 5) is 4.02. The van der Waals surface area contributed by atoms with Gasteiger partial charge < -0.3 is 10.3 Å². The molecule has 1 aliphatic heterocycles. The summed E-state index contributed by atoms with van der Waals surface area (Å²) in [5.41, 5.74) is 5.42. The van der Waals surface area contributed by atoms with Crippen LogP contribution in [-0.2, 0) is 13.0 Å². The van der Waals surface area contributed by atoms with Crippen molar-refractivity contribution in [3.8, 4) is 11.6 Å². The lowest BCUT2D eigenvalue weighted by atomic mass is 10.4. The third kappa shape index (κ3) is 0.918. The van der Waals surface area contributed by atoms with E-state index < -0.39 is 0 Å². The van der Waals surface area contributed by atoms with Gasteiger partial charge in [-0.3, -0.25) is 5.10 Å². The van der Waals surface area contributed by atoms with Crippen LogP contribution in [0.4, 0.5) is 5.95 Å². The number of aryl methyl sites for hydroxylation is 1. The predicted octanol–water partition coefficient (Wildman–Crippen LogP) is -0.408. The first-order valence-corrected chi connectivity index (χ1v) is 4.45. The molecule has 72 valence electrons. The monoisotopic (exact) mass is 191 g/mol. The summed E-state index contributed by atoms with van der Waals surface area (Å²) < 4.78 is 2.04. The fraction of sp³-hybridized carbons (Fsp3) is 0.429. The zero-order chi connectivity index (χ0) is 9.54. The van der Waals surface area contributed by atoms with Gasteiger partial charge in [-0.15, -0.1) is 15.3 Å². The fourth-order valence-corrected chi connectivity index (χ4v) is 1.70. The fourth-order valence-electron chi connectivity index (χ4n) is 1.70. The van der Waals surface area contributed by atoms with Gasteiger partial charge in [-0.1, -0.05) is 0 Å². The molecular formula is C7H9N7. The highest BCUT2D eigenvalue weighted by molar-refractivity contribution is 5.45. The molecule has 3 rings (SSSR count). The lowest BCUT2D eigenvalue weighted by molar-refractivity contribution is 0.744. The first kappa shape index (κ1) is 7.48. The van der Waals surface area contributed by atoms with E-state index in [9.17, 15) is 0 Å². The number of fused-ring (bicyclic) bond motifs is 1. The van der Waals surface area contributed by atoms with Crippen LogP contribution in [0.25, 0.3) is 11.6 Å². The molecular weight excluding hydrogens is 182 g/mol. The Labute approximate surface area is 79.4 Å². The van der Waals surface area contributed by atoms with Crippen molar-refractivity contribution in [1.82, 2.24) is 29.9 Å². The van der Waals surface area contributed by atoms with Gasteiger partial charge in [0.1, 0.15) is 5.82 Å². The van der Waals surface area contributed by atoms with E-state index in [1.54, 1.807) is 0 Å². The molecule has 0 fully saturated rings. The molecule has 0 saturated heterocycles. The Bertz CT molecular complexity index is 468. The number of hydrogen-bond donors (Lipinski definition) is 2. The Morgan fingerprint density at radius 2 is 2.29 bits per heavy atom. The molecule has 2 aromatic rings. The summed E-state index contributed by atoms with van der Waals surface area (Å²) in [5, 5.41) is 14.6. The maximum absolute atomic E-state index is 5.42. The maximum atomic E-state index is 5.42. The number of nitrogen functional groups attached to an aromatic ring is 1. The molecule has 0 spiro atoms. The Morgan fingerprint density at radius 1 is 1.36 bits per heavy atom. The smallest absolute Gasteiger partial charge is 0.239 e. The normalized spacial score (nSPS) is 14.6. The van der Waals surface area contributed by atoms with Crippen LogP contribution in [0.3, 0.4) is 0 Å². The maximum Gasteiger partial charge on any atom is 0.239 e. The molecule has 0 aromatic carbocycles. The average Bonchev–Trinajstić information content (AvgIpc) is 2.77. The molecule has 14 heavy (non-hydrogen) atoms. The summed E-state index contributed by atoms with van der Waals surface area (Å²) in [6.45, 7) is 0.943. The summed E-state index contributed by atoms with van der Waals surface area (Å²) in [5.74, 6) is 2.55. The van der Waals surface area contributed by atoms with E-state index in [4.69, 9.17) is 5.73 Å². The minimum Gasteiger partial charge on any atom is -0.366 e. The van der Waals surface area contributed by atoms with Gasteiger partial charge in [0, 0.05) is 13.0 Å². The molecule has 2 aromatic heterocycles. The zero-order valence-corrected chi connectivity index (χ0v) is 7.43. The Kier molecular flexibility index (Phi) is 1.35. The van der Waals surface area contributed by atoms with E-state index in [0.29, 0.717) is 5.82 Å². The zero-order valence-electron chi connectivity index (χ0n) is 7.43. The molecule has 0 aliphatic carbocycles. The van der Waals surface area contributed by atoms with Crippen molar-refractivity contribution in [3.05, 3.63) is 5.82 Å².